The number of hydrogen-bond acceptors (Lipinski definition) is 2. The molecule has 0 atom stereocenters. The molecule has 2 aliphatic carbocycles. The highest BCUT2D eigenvalue weighted by atomic mass is 15.2. The molecule has 2 nitrogen and oxygen atoms in total. The Morgan fingerprint density at radius 1 is 0.952 bits per heavy atom. The van der Waals surface area contributed by atoms with Gasteiger partial charge >= 0.3 is 0 Å². The van der Waals surface area contributed by atoms with E-state index >= 15 is 0 Å². The van der Waals surface area contributed by atoms with Crippen molar-refractivity contribution in [2.24, 2.45) is 0 Å². The quantitative estimate of drug-likeness (QED) is 0.838. The van der Waals surface area contributed by atoms with Gasteiger partial charge < -0.3 is 10.2 Å². The van der Waals surface area contributed by atoms with Gasteiger partial charge in [-0.15, -0.1) is 0 Å². The first-order chi connectivity index (χ1) is 10.4. The van der Waals surface area contributed by atoms with Crippen molar-refractivity contribution in [3.63, 3.8) is 0 Å². The van der Waals surface area contributed by atoms with E-state index in [1.54, 1.807) is 5.57 Å². The Bertz CT molecular complexity index is 718. The Hall–Kier alpha value is -1.80. The predicted octanol–water partition coefficient (Wildman–Crippen LogP) is 1.53. The number of rotatable bonds is 1. The van der Waals surface area contributed by atoms with E-state index < -0.39 is 0 Å². The zero-order chi connectivity index (χ0) is 14.1. The Kier molecular flexibility index (Phi) is 3.40. The molecular weight excluding hydrogens is 256 g/mol. The molecule has 0 aromatic heterocycles. The van der Waals surface area contributed by atoms with Crippen LogP contribution in [0, 0.1) is 0 Å². The zero-order valence-corrected chi connectivity index (χ0v) is 12.4. The number of benzene rings is 1. The first-order valence-corrected chi connectivity index (χ1v) is 8.10. The third-order valence-electron chi connectivity index (χ3n) is 4.75. The molecule has 1 heterocycles. The standard InChI is InChI=1S/C19H22N2/c1-2-6-16-15(5-1)9-10-19(21-13-11-20-12-14-21)18-8-4-3-7-17(16)18/h3-5,7-10,20H,1-2,6,11-14H2. The van der Waals surface area contributed by atoms with Crippen molar-refractivity contribution in [1.82, 2.24) is 10.2 Å². The molecule has 0 amide bonds. The number of nitrogens with zero attached hydrogens (tertiary/aromatic N) is 1. The molecule has 1 N–H and O–H groups in total. The first kappa shape index (κ1) is 12.9. The topological polar surface area (TPSA) is 15.3 Å². The van der Waals surface area contributed by atoms with Crippen LogP contribution in [0.1, 0.15) is 19.3 Å². The summed E-state index contributed by atoms with van der Waals surface area (Å²) in [6.07, 6.45) is 10.8. The van der Waals surface area contributed by atoms with E-state index in [2.05, 4.69) is 52.7 Å². The number of hydrogen-bond donors (Lipinski definition) is 1. The normalized spacial score (nSPS) is 21.5. The van der Waals surface area contributed by atoms with Crippen LogP contribution >= 0.6 is 0 Å². The van der Waals surface area contributed by atoms with Crippen molar-refractivity contribution < 1.29 is 0 Å². The summed E-state index contributed by atoms with van der Waals surface area (Å²) in [4.78, 5) is 2.53. The van der Waals surface area contributed by atoms with Gasteiger partial charge in [0.05, 0.1) is 0 Å². The molecule has 0 radical (unpaired) electrons. The number of fused-ring (bicyclic) bond motifs is 2. The highest BCUT2D eigenvalue weighted by Crippen LogP contribution is 2.26. The van der Waals surface area contributed by atoms with Gasteiger partial charge in [0.15, 0.2) is 0 Å². The minimum absolute atomic E-state index is 1.08. The van der Waals surface area contributed by atoms with Crippen molar-refractivity contribution in [2.45, 2.75) is 19.3 Å². The maximum absolute atomic E-state index is 3.45. The summed E-state index contributed by atoms with van der Waals surface area (Å²) in [5.41, 5.74) is 4.38. The van der Waals surface area contributed by atoms with E-state index in [9.17, 15) is 0 Å². The molecule has 2 heteroatoms. The van der Waals surface area contributed by atoms with E-state index in [1.165, 1.54) is 41.0 Å². The minimum atomic E-state index is 1.08. The average Bonchev–Trinajstić information content (AvgIpc) is 2.73. The summed E-state index contributed by atoms with van der Waals surface area (Å²) in [6, 6.07) is 8.95. The highest BCUT2D eigenvalue weighted by molar-refractivity contribution is 5.74. The smallest absolute Gasteiger partial charge is 0.0447 e. The van der Waals surface area contributed by atoms with Gasteiger partial charge in [-0.2, -0.15) is 0 Å². The van der Waals surface area contributed by atoms with Gasteiger partial charge in [-0.25, -0.2) is 0 Å². The Morgan fingerprint density at radius 2 is 1.76 bits per heavy atom. The lowest BCUT2D eigenvalue weighted by molar-refractivity contribution is 0.340. The van der Waals surface area contributed by atoms with Crippen LogP contribution in [-0.4, -0.2) is 31.1 Å². The number of allylic oxidation sites excluding steroid dienone is 3. The van der Waals surface area contributed by atoms with E-state index in [0.29, 0.717) is 0 Å². The lowest BCUT2D eigenvalue weighted by atomic mass is 9.92. The van der Waals surface area contributed by atoms with Crippen molar-refractivity contribution in [1.29, 1.82) is 0 Å². The molecule has 4 rings (SSSR count). The fraction of sp³-hybridized carbons (Fsp3) is 0.368. The Morgan fingerprint density at radius 3 is 2.62 bits per heavy atom. The molecule has 1 aromatic rings. The number of piperazine rings is 1. The van der Waals surface area contributed by atoms with Gasteiger partial charge in [-0.1, -0.05) is 36.4 Å². The van der Waals surface area contributed by atoms with Gasteiger partial charge in [-0.3, -0.25) is 0 Å². The van der Waals surface area contributed by atoms with Crippen molar-refractivity contribution in [3.8, 4) is 0 Å². The summed E-state index contributed by atoms with van der Waals surface area (Å²) in [6.45, 7) is 4.36. The molecule has 3 aliphatic rings. The van der Waals surface area contributed by atoms with Crippen LogP contribution in [0.15, 0.2) is 48.1 Å². The van der Waals surface area contributed by atoms with Crippen LogP contribution < -0.4 is 15.8 Å². The fourth-order valence-corrected chi connectivity index (χ4v) is 3.67. The molecular formula is C19H22N2. The molecule has 21 heavy (non-hydrogen) atoms. The average molecular weight is 278 g/mol. The molecule has 0 unspecified atom stereocenters. The SMILES string of the molecule is C1=CC(N2CCNCC2)=c2ccccc2=C2CCCC=C12. The van der Waals surface area contributed by atoms with Gasteiger partial charge in [0.2, 0.25) is 0 Å². The molecule has 1 aliphatic heterocycles. The predicted molar refractivity (Wildman–Crippen MR) is 88.0 cm³/mol. The molecule has 1 aromatic carbocycles. The van der Waals surface area contributed by atoms with Gasteiger partial charge in [0.1, 0.15) is 0 Å². The molecule has 1 fully saturated rings. The van der Waals surface area contributed by atoms with Crippen LogP contribution in [0.4, 0.5) is 0 Å². The van der Waals surface area contributed by atoms with E-state index in [-0.39, 0.29) is 0 Å². The second-order valence-corrected chi connectivity index (χ2v) is 6.03. The third kappa shape index (κ3) is 2.34. The minimum Gasteiger partial charge on any atom is -0.368 e. The van der Waals surface area contributed by atoms with Gasteiger partial charge in [-0.05, 0) is 41.7 Å². The third-order valence-corrected chi connectivity index (χ3v) is 4.75. The number of nitrogens with one attached hydrogen (secondary N) is 1. The Labute approximate surface area is 126 Å². The second-order valence-electron chi connectivity index (χ2n) is 6.03. The lowest BCUT2D eigenvalue weighted by Crippen LogP contribution is -2.45. The van der Waals surface area contributed by atoms with Crippen LogP contribution in [0.5, 0.6) is 0 Å². The van der Waals surface area contributed by atoms with E-state index in [1.807, 2.05) is 0 Å². The second kappa shape index (κ2) is 5.53. The van der Waals surface area contributed by atoms with Crippen LogP contribution in [0.25, 0.3) is 11.3 Å². The van der Waals surface area contributed by atoms with Crippen molar-refractivity contribution in [3.05, 3.63) is 58.5 Å². The molecule has 0 spiro atoms. The summed E-state index contributed by atoms with van der Waals surface area (Å²) in [5, 5.41) is 6.31. The van der Waals surface area contributed by atoms with Gasteiger partial charge in [0.25, 0.3) is 0 Å². The van der Waals surface area contributed by atoms with Crippen LogP contribution in [-0.2, 0) is 0 Å². The molecule has 108 valence electrons. The Balaban J connectivity index is 1.97. The first-order valence-electron chi connectivity index (χ1n) is 8.10. The summed E-state index contributed by atoms with van der Waals surface area (Å²) >= 11 is 0. The lowest BCUT2D eigenvalue weighted by Gasteiger charge is -2.30. The van der Waals surface area contributed by atoms with Crippen molar-refractivity contribution >= 4 is 11.3 Å². The van der Waals surface area contributed by atoms with Crippen molar-refractivity contribution in [2.75, 3.05) is 26.2 Å². The molecule has 1 saturated heterocycles. The van der Waals surface area contributed by atoms with Crippen LogP contribution in [0.3, 0.4) is 0 Å². The summed E-state index contributed by atoms with van der Waals surface area (Å²) in [5.74, 6) is 0. The highest BCUT2D eigenvalue weighted by Gasteiger charge is 2.16. The monoisotopic (exact) mass is 278 g/mol. The van der Waals surface area contributed by atoms with E-state index in [4.69, 9.17) is 0 Å². The maximum atomic E-state index is 3.45. The fourth-order valence-electron chi connectivity index (χ4n) is 3.67. The van der Waals surface area contributed by atoms with Crippen LogP contribution in [0.2, 0.25) is 0 Å². The summed E-state index contributed by atoms with van der Waals surface area (Å²) in [7, 11) is 0. The summed E-state index contributed by atoms with van der Waals surface area (Å²) < 4.78 is 0. The zero-order valence-electron chi connectivity index (χ0n) is 12.4. The largest absolute Gasteiger partial charge is 0.368 e. The van der Waals surface area contributed by atoms with Gasteiger partial charge in [0, 0.05) is 37.1 Å². The molecule has 0 bridgehead atoms. The molecule has 0 saturated carbocycles. The van der Waals surface area contributed by atoms with E-state index in [0.717, 1.165) is 26.2 Å². The maximum Gasteiger partial charge on any atom is 0.0447 e.